The Bertz CT molecular complexity index is 905. The van der Waals surface area contributed by atoms with Crippen LogP contribution in [0, 0.1) is 6.92 Å². The second kappa shape index (κ2) is 7.50. The summed E-state index contributed by atoms with van der Waals surface area (Å²) in [6, 6.07) is 13.8. The second-order valence-corrected chi connectivity index (χ2v) is 8.72. The Morgan fingerprint density at radius 2 is 1.88 bits per heavy atom. The van der Waals surface area contributed by atoms with Gasteiger partial charge >= 0.3 is 0 Å². The molecule has 1 N–H and O–H groups in total. The number of aryl methyl sites for hydroxylation is 2. The van der Waals surface area contributed by atoms with Crippen molar-refractivity contribution in [2.45, 2.75) is 32.6 Å². The van der Waals surface area contributed by atoms with Gasteiger partial charge in [0.1, 0.15) is 0 Å². The molecule has 0 saturated heterocycles. The first kappa shape index (κ1) is 18.5. The van der Waals surface area contributed by atoms with E-state index in [1.165, 1.54) is 21.7 Å². The summed E-state index contributed by atoms with van der Waals surface area (Å²) in [5.41, 5.74) is 4.76. The number of carbonyl (C=O) groups excluding carboxylic acids is 1. The van der Waals surface area contributed by atoms with Crippen molar-refractivity contribution in [1.82, 2.24) is 0 Å². The van der Waals surface area contributed by atoms with Gasteiger partial charge in [-0.3, -0.25) is 9.10 Å². The number of nitrogens with one attached hydrogen (secondary N) is 1. The number of rotatable bonds is 6. The fourth-order valence-electron chi connectivity index (χ4n) is 3.20. The first-order chi connectivity index (χ1) is 12.3. The molecule has 0 spiro atoms. The number of fused-ring (bicyclic) bond motifs is 1. The third-order valence-corrected chi connectivity index (χ3v) is 5.79. The Hall–Kier alpha value is -2.34. The van der Waals surface area contributed by atoms with Gasteiger partial charge in [-0.25, -0.2) is 8.42 Å². The minimum absolute atomic E-state index is 0.0547. The highest BCUT2D eigenvalue weighted by Crippen LogP contribution is 2.32. The average molecular weight is 372 g/mol. The number of hydrogen-bond acceptors (Lipinski definition) is 3. The average Bonchev–Trinajstić information content (AvgIpc) is 3.00. The molecule has 0 saturated carbocycles. The first-order valence-corrected chi connectivity index (χ1v) is 10.6. The summed E-state index contributed by atoms with van der Waals surface area (Å²) in [4.78, 5) is 12.2. The van der Waals surface area contributed by atoms with E-state index in [-0.39, 0.29) is 5.91 Å². The van der Waals surface area contributed by atoms with Crippen molar-refractivity contribution in [3.63, 3.8) is 0 Å². The van der Waals surface area contributed by atoms with Gasteiger partial charge in [-0.05, 0) is 49.4 Å². The van der Waals surface area contributed by atoms with Gasteiger partial charge in [0.05, 0.1) is 11.9 Å². The molecule has 0 fully saturated rings. The standard InChI is InChI=1S/C20H24N2O3S/c1-15-6-8-16(9-7-15)4-3-5-20(23)21-18-11-10-17-12-13-22(19(17)14-18)26(2,24)25/h6-11,14H,3-5,12-13H2,1-2H3,(H,21,23). The van der Waals surface area contributed by atoms with Crippen molar-refractivity contribution in [3.8, 4) is 0 Å². The highest BCUT2D eigenvalue weighted by Gasteiger charge is 2.26. The number of sulfonamides is 1. The Balaban J connectivity index is 1.57. The Morgan fingerprint density at radius 1 is 1.15 bits per heavy atom. The lowest BCUT2D eigenvalue weighted by Gasteiger charge is -2.17. The van der Waals surface area contributed by atoms with E-state index >= 15 is 0 Å². The zero-order valence-corrected chi connectivity index (χ0v) is 16.0. The predicted octanol–water partition coefficient (Wildman–Crippen LogP) is 3.28. The van der Waals surface area contributed by atoms with E-state index in [1.54, 1.807) is 6.07 Å². The molecule has 138 valence electrons. The summed E-state index contributed by atoms with van der Waals surface area (Å²) in [6.45, 7) is 2.51. The van der Waals surface area contributed by atoms with E-state index < -0.39 is 10.0 Å². The second-order valence-electron chi connectivity index (χ2n) is 6.82. The molecule has 2 aromatic rings. The number of amides is 1. The minimum atomic E-state index is -3.29. The normalized spacial score (nSPS) is 13.5. The molecule has 1 aliphatic rings. The largest absolute Gasteiger partial charge is 0.326 e. The summed E-state index contributed by atoms with van der Waals surface area (Å²) in [5, 5.41) is 2.88. The van der Waals surface area contributed by atoms with Gasteiger partial charge in [0.2, 0.25) is 15.9 Å². The number of nitrogens with zero attached hydrogens (tertiary/aromatic N) is 1. The van der Waals surface area contributed by atoms with Crippen LogP contribution in [-0.4, -0.2) is 27.1 Å². The van der Waals surface area contributed by atoms with Gasteiger partial charge in [0.15, 0.2) is 0 Å². The fraction of sp³-hybridized carbons (Fsp3) is 0.350. The molecule has 6 heteroatoms. The van der Waals surface area contributed by atoms with Crippen LogP contribution in [-0.2, 0) is 27.7 Å². The highest BCUT2D eigenvalue weighted by atomic mass is 32.2. The van der Waals surface area contributed by atoms with Crippen LogP contribution in [0.15, 0.2) is 42.5 Å². The lowest BCUT2D eigenvalue weighted by molar-refractivity contribution is -0.116. The van der Waals surface area contributed by atoms with Gasteiger partial charge in [0, 0.05) is 18.7 Å². The number of carbonyl (C=O) groups is 1. The smallest absolute Gasteiger partial charge is 0.232 e. The molecule has 0 radical (unpaired) electrons. The molecule has 2 aromatic carbocycles. The third kappa shape index (κ3) is 4.43. The SMILES string of the molecule is Cc1ccc(CCCC(=O)Nc2ccc3c(c2)N(S(C)(=O)=O)CC3)cc1. The van der Waals surface area contributed by atoms with E-state index in [1.807, 2.05) is 12.1 Å². The quantitative estimate of drug-likeness (QED) is 0.846. The Labute approximate surface area is 155 Å². The third-order valence-electron chi connectivity index (χ3n) is 4.61. The molecular weight excluding hydrogens is 348 g/mol. The molecule has 0 aromatic heterocycles. The molecular formula is C20H24N2O3S. The minimum Gasteiger partial charge on any atom is -0.326 e. The predicted molar refractivity (Wildman–Crippen MR) is 105 cm³/mol. The van der Waals surface area contributed by atoms with Gasteiger partial charge in [-0.2, -0.15) is 0 Å². The van der Waals surface area contributed by atoms with Crippen LogP contribution in [0.4, 0.5) is 11.4 Å². The Morgan fingerprint density at radius 3 is 2.58 bits per heavy atom. The van der Waals surface area contributed by atoms with Crippen LogP contribution in [0.3, 0.4) is 0 Å². The zero-order chi connectivity index (χ0) is 18.7. The number of hydrogen-bond donors (Lipinski definition) is 1. The van der Waals surface area contributed by atoms with E-state index in [4.69, 9.17) is 0 Å². The molecule has 0 bridgehead atoms. The molecule has 26 heavy (non-hydrogen) atoms. The summed E-state index contributed by atoms with van der Waals surface area (Å²) >= 11 is 0. The van der Waals surface area contributed by atoms with Gasteiger partial charge < -0.3 is 5.32 Å². The topological polar surface area (TPSA) is 66.5 Å². The zero-order valence-electron chi connectivity index (χ0n) is 15.2. The van der Waals surface area contributed by atoms with E-state index in [0.717, 1.165) is 18.4 Å². The molecule has 3 rings (SSSR count). The summed E-state index contributed by atoms with van der Waals surface area (Å²) in [5.74, 6) is -0.0547. The molecule has 0 unspecified atom stereocenters. The van der Waals surface area contributed by atoms with Gasteiger partial charge in [-0.15, -0.1) is 0 Å². The maximum atomic E-state index is 12.2. The molecule has 1 aliphatic heterocycles. The fourth-order valence-corrected chi connectivity index (χ4v) is 4.15. The summed E-state index contributed by atoms with van der Waals surface area (Å²) < 4.78 is 25.1. The van der Waals surface area contributed by atoms with E-state index in [2.05, 4.69) is 36.5 Å². The van der Waals surface area contributed by atoms with E-state index in [9.17, 15) is 13.2 Å². The lowest BCUT2D eigenvalue weighted by Crippen LogP contribution is -2.27. The number of benzene rings is 2. The molecule has 1 amide bonds. The van der Waals surface area contributed by atoms with Crippen LogP contribution >= 0.6 is 0 Å². The molecule has 5 nitrogen and oxygen atoms in total. The maximum absolute atomic E-state index is 12.2. The summed E-state index contributed by atoms with van der Waals surface area (Å²) in [6.07, 6.45) is 3.97. The van der Waals surface area contributed by atoms with Crippen LogP contribution in [0.2, 0.25) is 0 Å². The molecule has 0 aliphatic carbocycles. The summed E-state index contributed by atoms with van der Waals surface area (Å²) in [7, 11) is -3.29. The van der Waals surface area contributed by atoms with Gasteiger partial charge in [-0.1, -0.05) is 35.9 Å². The van der Waals surface area contributed by atoms with Crippen LogP contribution in [0.1, 0.15) is 29.5 Å². The van der Waals surface area contributed by atoms with Crippen molar-refractivity contribution < 1.29 is 13.2 Å². The van der Waals surface area contributed by atoms with Crippen LogP contribution in [0.5, 0.6) is 0 Å². The highest BCUT2D eigenvalue weighted by molar-refractivity contribution is 7.92. The van der Waals surface area contributed by atoms with Crippen molar-refractivity contribution >= 4 is 27.3 Å². The van der Waals surface area contributed by atoms with Crippen molar-refractivity contribution in [1.29, 1.82) is 0 Å². The molecule has 1 heterocycles. The number of anilines is 2. The van der Waals surface area contributed by atoms with Crippen LogP contribution in [0.25, 0.3) is 0 Å². The van der Waals surface area contributed by atoms with Crippen molar-refractivity contribution in [2.75, 3.05) is 22.4 Å². The van der Waals surface area contributed by atoms with E-state index in [0.29, 0.717) is 30.8 Å². The van der Waals surface area contributed by atoms with Crippen molar-refractivity contribution in [3.05, 3.63) is 59.2 Å². The first-order valence-electron chi connectivity index (χ1n) is 8.79. The molecule has 0 atom stereocenters. The van der Waals surface area contributed by atoms with Gasteiger partial charge in [0.25, 0.3) is 0 Å². The van der Waals surface area contributed by atoms with Crippen LogP contribution < -0.4 is 9.62 Å². The lowest BCUT2D eigenvalue weighted by atomic mass is 10.1. The van der Waals surface area contributed by atoms with Crippen molar-refractivity contribution in [2.24, 2.45) is 0 Å². The Kier molecular flexibility index (Phi) is 5.32. The monoisotopic (exact) mass is 372 g/mol. The maximum Gasteiger partial charge on any atom is 0.232 e.